The van der Waals surface area contributed by atoms with Gasteiger partial charge in [0.15, 0.2) is 5.13 Å². The summed E-state index contributed by atoms with van der Waals surface area (Å²) in [6.45, 7) is 4.21. The number of nitrogens with one attached hydrogen (secondary N) is 2. The van der Waals surface area contributed by atoms with Crippen molar-refractivity contribution < 1.29 is 14.3 Å². The lowest BCUT2D eigenvalue weighted by Crippen LogP contribution is -2.39. The molecule has 164 valence electrons. The summed E-state index contributed by atoms with van der Waals surface area (Å²) in [6.07, 6.45) is 3.67. The molecule has 2 aromatic rings. The molecule has 1 amide bonds. The molecule has 0 radical (unpaired) electrons. The number of carbonyl (C=O) groups excluding carboxylic acids is 1. The predicted octanol–water partition coefficient (Wildman–Crippen LogP) is 1.52. The molecule has 2 atom stereocenters. The number of ether oxygens (including phenoxy) is 2. The number of hydrogen-bond acceptors (Lipinski definition) is 10. The van der Waals surface area contributed by atoms with Crippen molar-refractivity contribution in [2.75, 3.05) is 51.3 Å². The van der Waals surface area contributed by atoms with Gasteiger partial charge < -0.3 is 20.1 Å². The molecule has 0 aromatic carbocycles. The van der Waals surface area contributed by atoms with Crippen molar-refractivity contribution >= 4 is 28.3 Å². The number of aromatic nitrogens is 3. The van der Waals surface area contributed by atoms with Crippen LogP contribution >= 0.6 is 11.3 Å². The molecule has 2 N–H and O–H groups in total. The number of piperidine rings is 1. The van der Waals surface area contributed by atoms with Gasteiger partial charge in [-0.25, -0.2) is 15.0 Å². The van der Waals surface area contributed by atoms with Gasteiger partial charge in [0.25, 0.3) is 5.91 Å². The zero-order valence-corrected chi connectivity index (χ0v) is 17.9. The van der Waals surface area contributed by atoms with Crippen LogP contribution in [0.5, 0.6) is 0 Å². The summed E-state index contributed by atoms with van der Waals surface area (Å²) in [4.78, 5) is 27.8. The Morgan fingerprint density at radius 3 is 3.16 bits per heavy atom. The Morgan fingerprint density at radius 2 is 2.32 bits per heavy atom. The van der Waals surface area contributed by atoms with Gasteiger partial charge in [-0.05, 0) is 25.5 Å². The molecule has 0 spiro atoms. The van der Waals surface area contributed by atoms with Crippen LogP contribution in [0.3, 0.4) is 0 Å². The first-order valence-corrected chi connectivity index (χ1v) is 11.2. The number of nitrogens with zero attached hydrogens (tertiary/aromatic N) is 5. The van der Waals surface area contributed by atoms with Gasteiger partial charge in [0.2, 0.25) is 5.95 Å². The maximum absolute atomic E-state index is 12.3. The van der Waals surface area contributed by atoms with Gasteiger partial charge in [-0.15, -0.1) is 11.3 Å². The highest BCUT2D eigenvalue weighted by Gasteiger charge is 2.23. The highest BCUT2D eigenvalue weighted by Crippen LogP contribution is 2.26. The van der Waals surface area contributed by atoms with Gasteiger partial charge in [0, 0.05) is 30.6 Å². The molecule has 0 unspecified atom stereocenters. The fraction of sp³-hybridized carbons (Fsp3) is 0.550. The van der Waals surface area contributed by atoms with Crippen LogP contribution in [0, 0.1) is 11.3 Å². The fourth-order valence-corrected chi connectivity index (χ4v) is 4.37. The standard InChI is InChI=1S/C20H25N7O3S/c21-4-7-27-6-1-2-14(11-27)16-3-5-22-19(24-16)26-20-25-17(13-31-20)18(28)23-10-15-12-29-8-9-30-15/h3,5,13-15H,1-2,6-12H2,(H,23,28)(H,22,24,25,26)/t14-,15+/m0/s1. The zero-order chi connectivity index (χ0) is 21.5. The highest BCUT2D eigenvalue weighted by atomic mass is 32.1. The summed E-state index contributed by atoms with van der Waals surface area (Å²) < 4.78 is 10.9. The lowest BCUT2D eigenvalue weighted by Gasteiger charge is -2.30. The Balaban J connectivity index is 1.33. The van der Waals surface area contributed by atoms with E-state index in [0.29, 0.717) is 49.7 Å². The van der Waals surface area contributed by atoms with E-state index < -0.39 is 0 Å². The molecule has 2 aromatic heterocycles. The number of thiazole rings is 1. The molecule has 0 aliphatic carbocycles. The second kappa shape index (κ2) is 10.6. The maximum Gasteiger partial charge on any atom is 0.270 e. The van der Waals surface area contributed by atoms with E-state index in [1.807, 2.05) is 6.07 Å². The van der Waals surface area contributed by atoms with Gasteiger partial charge in [-0.2, -0.15) is 5.26 Å². The number of rotatable bonds is 7. The Bertz CT molecular complexity index is 925. The molecule has 11 heteroatoms. The first-order chi connectivity index (χ1) is 15.2. The Hall–Kier alpha value is -2.65. The minimum Gasteiger partial charge on any atom is -0.376 e. The second-order valence-electron chi connectivity index (χ2n) is 7.48. The number of nitriles is 1. The quantitative estimate of drug-likeness (QED) is 0.613. The molecule has 2 fully saturated rings. The fourth-order valence-electron chi connectivity index (χ4n) is 3.68. The molecule has 4 heterocycles. The van der Waals surface area contributed by atoms with Crippen LogP contribution < -0.4 is 10.6 Å². The average molecular weight is 444 g/mol. The Labute approximate surface area is 184 Å². The topological polar surface area (TPSA) is 125 Å². The van der Waals surface area contributed by atoms with Crippen LogP contribution in [-0.4, -0.2) is 77.9 Å². The van der Waals surface area contributed by atoms with E-state index in [-0.39, 0.29) is 17.9 Å². The lowest BCUT2D eigenvalue weighted by molar-refractivity contribution is -0.0855. The van der Waals surface area contributed by atoms with E-state index >= 15 is 0 Å². The second-order valence-corrected chi connectivity index (χ2v) is 8.34. The number of likely N-dealkylation sites (tertiary alicyclic amines) is 1. The van der Waals surface area contributed by atoms with Gasteiger partial charge in [-0.3, -0.25) is 9.69 Å². The molecular formula is C20H25N7O3S. The van der Waals surface area contributed by atoms with Gasteiger partial charge >= 0.3 is 0 Å². The van der Waals surface area contributed by atoms with Crippen molar-refractivity contribution in [3.63, 3.8) is 0 Å². The highest BCUT2D eigenvalue weighted by molar-refractivity contribution is 7.14. The smallest absolute Gasteiger partial charge is 0.270 e. The SMILES string of the molecule is N#CCN1CCC[C@H](c2ccnc(Nc3nc(C(=O)NC[C@@H]4COCCO4)cs3)n2)C1. The molecule has 2 aliphatic rings. The molecule has 31 heavy (non-hydrogen) atoms. The summed E-state index contributed by atoms with van der Waals surface area (Å²) in [5.74, 6) is 0.464. The molecule has 0 saturated carbocycles. The van der Waals surface area contributed by atoms with Crippen LogP contribution in [0.2, 0.25) is 0 Å². The summed E-state index contributed by atoms with van der Waals surface area (Å²) in [7, 11) is 0. The van der Waals surface area contributed by atoms with E-state index in [1.54, 1.807) is 11.6 Å². The summed E-state index contributed by atoms with van der Waals surface area (Å²) in [5, 5.41) is 17.1. The van der Waals surface area contributed by atoms with Crippen molar-refractivity contribution in [3.8, 4) is 6.07 Å². The maximum atomic E-state index is 12.3. The zero-order valence-electron chi connectivity index (χ0n) is 17.1. The first kappa shape index (κ1) is 21.6. The number of carbonyl (C=O) groups is 1. The minimum absolute atomic E-state index is 0.131. The molecule has 10 nitrogen and oxygen atoms in total. The average Bonchev–Trinajstić information content (AvgIpc) is 3.27. The van der Waals surface area contributed by atoms with Crippen molar-refractivity contribution in [2.45, 2.75) is 24.9 Å². The van der Waals surface area contributed by atoms with Crippen LogP contribution in [0.25, 0.3) is 0 Å². The summed E-state index contributed by atoms with van der Waals surface area (Å²) in [6, 6.07) is 4.14. The molecular weight excluding hydrogens is 418 g/mol. The lowest BCUT2D eigenvalue weighted by atomic mass is 9.94. The third kappa shape index (κ3) is 5.95. The van der Waals surface area contributed by atoms with E-state index in [2.05, 4.69) is 36.6 Å². The van der Waals surface area contributed by atoms with Crippen molar-refractivity contribution in [1.82, 2.24) is 25.2 Å². The van der Waals surface area contributed by atoms with Crippen molar-refractivity contribution in [1.29, 1.82) is 5.26 Å². The van der Waals surface area contributed by atoms with E-state index in [4.69, 9.17) is 14.7 Å². The van der Waals surface area contributed by atoms with Crippen LogP contribution in [0.4, 0.5) is 11.1 Å². The normalized spacial score (nSPS) is 21.9. The first-order valence-electron chi connectivity index (χ1n) is 10.3. The third-order valence-corrected chi connectivity index (χ3v) is 5.98. The third-order valence-electron chi connectivity index (χ3n) is 5.23. The van der Waals surface area contributed by atoms with Crippen molar-refractivity contribution in [3.05, 3.63) is 29.0 Å². The number of amides is 1. The molecule has 0 bridgehead atoms. The van der Waals surface area contributed by atoms with E-state index in [1.165, 1.54) is 11.3 Å². The number of anilines is 2. The minimum atomic E-state index is -0.257. The van der Waals surface area contributed by atoms with Gasteiger partial charge in [0.1, 0.15) is 5.69 Å². The molecule has 4 rings (SSSR count). The Morgan fingerprint density at radius 1 is 1.39 bits per heavy atom. The molecule has 2 saturated heterocycles. The van der Waals surface area contributed by atoms with Gasteiger partial charge in [0.05, 0.1) is 44.2 Å². The monoisotopic (exact) mass is 443 g/mol. The summed E-state index contributed by atoms with van der Waals surface area (Å²) >= 11 is 1.32. The number of hydrogen-bond donors (Lipinski definition) is 2. The van der Waals surface area contributed by atoms with Crippen molar-refractivity contribution in [2.24, 2.45) is 0 Å². The van der Waals surface area contributed by atoms with Crippen LogP contribution in [-0.2, 0) is 9.47 Å². The van der Waals surface area contributed by atoms with Crippen LogP contribution in [0.1, 0.15) is 34.9 Å². The largest absolute Gasteiger partial charge is 0.376 e. The summed E-state index contributed by atoms with van der Waals surface area (Å²) in [5.41, 5.74) is 1.28. The Kier molecular flexibility index (Phi) is 7.37. The molecule has 2 aliphatic heterocycles. The van der Waals surface area contributed by atoms with Crippen LogP contribution in [0.15, 0.2) is 17.6 Å². The van der Waals surface area contributed by atoms with Gasteiger partial charge in [-0.1, -0.05) is 0 Å². The predicted molar refractivity (Wildman–Crippen MR) is 114 cm³/mol. The van der Waals surface area contributed by atoms with E-state index in [9.17, 15) is 4.79 Å². The van der Waals surface area contributed by atoms with E-state index in [0.717, 1.165) is 31.6 Å².